The number of anilines is 1. The van der Waals surface area contributed by atoms with Crippen LogP contribution < -0.4 is 5.32 Å². The molecule has 0 amide bonds. The monoisotopic (exact) mass is 241 g/mol. The second-order valence-corrected chi connectivity index (χ2v) is 5.48. The Balaban J connectivity index is 2.72. The van der Waals surface area contributed by atoms with Crippen molar-refractivity contribution in [2.24, 2.45) is 5.41 Å². The lowest BCUT2D eigenvalue weighted by Gasteiger charge is -2.31. The van der Waals surface area contributed by atoms with Gasteiger partial charge in [0, 0.05) is 11.9 Å². The van der Waals surface area contributed by atoms with Crippen LogP contribution in [0.1, 0.15) is 32.9 Å². The molecule has 0 radical (unpaired) electrons. The van der Waals surface area contributed by atoms with Gasteiger partial charge in [0.1, 0.15) is 5.82 Å². The van der Waals surface area contributed by atoms with E-state index >= 15 is 0 Å². The van der Waals surface area contributed by atoms with Gasteiger partial charge in [-0.2, -0.15) is 5.10 Å². The first-order valence-electron chi connectivity index (χ1n) is 5.56. The van der Waals surface area contributed by atoms with Crippen molar-refractivity contribution in [3.05, 3.63) is 17.8 Å². The Morgan fingerprint density at radius 3 is 2.44 bits per heavy atom. The molecule has 1 heterocycles. The van der Waals surface area contributed by atoms with Gasteiger partial charge in [-0.05, 0) is 30.9 Å². The van der Waals surface area contributed by atoms with Crippen molar-refractivity contribution in [3.63, 3.8) is 0 Å². The SMILES string of the molecule is Cc1ccc(NC(CCCl)C(C)(C)C)nn1. The van der Waals surface area contributed by atoms with E-state index in [4.69, 9.17) is 11.6 Å². The van der Waals surface area contributed by atoms with Crippen molar-refractivity contribution in [1.82, 2.24) is 10.2 Å². The molecule has 1 atom stereocenters. The van der Waals surface area contributed by atoms with Crippen LogP contribution in [-0.4, -0.2) is 22.1 Å². The van der Waals surface area contributed by atoms with E-state index in [2.05, 4.69) is 36.3 Å². The number of aryl methyl sites for hydroxylation is 1. The van der Waals surface area contributed by atoms with Crippen LogP contribution in [-0.2, 0) is 0 Å². The molecule has 90 valence electrons. The van der Waals surface area contributed by atoms with Crippen LogP contribution in [0.5, 0.6) is 0 Å². The van der Waals surface area contributed by atoms with E-state index in [0.717, 1.165) is 17.9 Å². The lowest BCUT2D eigenvalue weighted by Crippen LogP contribution is -2.34. The Morgan fingerprint density at radius 2 is 2.00 bits per heavy atom. The molecule has 0 saturated carbocycles. The van der Waals surface area contributed by atoms with Crippen molar-refractivity contribution in [2.45, 2.75) is 40.2 Å². The maximum Gasteiger partial charge on any atom is 0.148 e. The zero-order chi connectivity index (χ0) is 12.2. The van der Waals surface area contributed by atoms with E-state index < -0.39 is 0 Å². The molecule has 0 saturated heterocycles. The maximum atomic E-state index is 5.82. The van der Waals surface area contributed by atoms with Gasteiger partial charge in [0.2, 0.25) is 0 Å². The molecule has 0 aromatic carbocycles. The molecule has 1 rings (SSSR count). The van der Waals surface area contributed by atoms with Crippen LogP contribution in [0, 0.1) is 12.3 Å². The summed E-state index contributed by atoms with van der Waals surface area (Å²) in [6.45, 7) is 8.51. The first-order chi connectivity index (χ1) is 7.43. The molecule has 0 aliphatic rings. The number of aromatic nitrogens is 2. The van der Waals surface area contributed by atoms with Crippen LogP contribution in [0.2, 0.25) is 0 Å². The normalized spacial score (nSPS) is 13.6. The smallest absolute Gasteiger partial charge is 0.148 e. The fraction of sp³-hybridized carbons (Fsp3) is 0.667. The minimum Gasteiger partial charge on any atom is -0.365 e. The van der Waals surface area contributed by atoms with Gasteiger partial charge in [-0.15, -0.1) is 16.7 Å². The van der Waals surface area contributed by atoms with Gasteiger partial charge in [-0.25, -0.2) is 0 Å². The minimum atomic E-state index is 0.154. The van der Waals surface area contributed by atoms with E-state index in [1.54, 1.807) is 0 Å². The lowest BCUT2D eigenvalue weighted by molar-refractivity contribution is 0.334. The highest BCUT2D eigenvalue weighted by molar-refractivity contribution is 6.17. The number of hydrogen-bond donors (Lipinski definition) is 1. The van der Waals surface area contributed by atoms with E-state index in [-0.39, 0.29) is 5.41 Å². The molecule has 0 aliphatic carbocycles. The maximum absolute atomic E-state index is 5.82. The van der Waals surface area contributed by atoms with Gasteiger partial charge >= 0.3 is 0 Å². The van der Waals surface area contributed by atoms with Crippen molar-refractivity contribution in [2.75, 3.05) is 11.2 Å². The van der Waals surface area contributed by atoms with Crippen LogP contribution in [0.3, 0.4) is 0 Å². The standard InChI is InChI=1S/C12H20ClN3/c1-9-5-6-11(16-15-9)14-10(7-8-13)12(2,3)4/h5-6,10H,7-8H2,1-4H3,(H,14,16). The molecule has 16 heavy (non-hydrogen) atoms. The van der Waals surface area contributed by atoms with E-state index in [1.807, 2.05) is 19.1 Å². The lowest BCUT2D eigenvalue weighted by atomic mass is 9.85. The highest BCUT2D eigenvalue weighted by Crippen LogP contribution is 2.25. The summed E-state index contributed by atoms with van der Waals surface area (Å²) in [6, 6.07) is 4.22. The summed E-state index contributed by atoms with van der Waals surface area (Å²) >= 11 is 5.82. The molecule has 0 spiro atoms. The molecule has 1 aromatic heterocycles. The average Bonchev–Trinajstić information content (AvgIpc) is 2.19. The van der Waals surface area contributed by atoms with Crippen molar-refractivity contribution in [3.8, 4) is 0 Å². The zero-order valence-corrected chi connectivity index (χ0v) is 11.2. The van der Waals surface area contributed by atoms with Crippen LogP contribution >= 0.6 is 11.6 Å². The Hall–Kier alpha value is -0.830. The molecular weight excluding hydrogens is 222 g/mol. The molecule has 1 aromatic rings. The van der Waals surface area contributed by atoms with Gasteiger partial charge in [-0.1, -0.05) is 20.8 Å². The van der Waals surface area contributed by atoms with E-state index in [0.29, 0.717) is 11.9 Å². The first kappa shape index (κ1) is 13.2. The van der Waals surface area contributed by atoms with Gasteiger partial charge < -0.3 is 5.32 Å². The summed E-state index contributed by atoms with van der Waals surface area (Å²) in [4.78, 5) is 0. The van der Waals surface area contributed by atoms with Gasteiger partial charge in [-0.3, -0.25) is 0 Å². The molecule has 0 aliphatic heterocycles. The molecule has 3 nitrogen and oxygen atoms in total. The minimum absolute atomic E-state index is 0.154. The Morgan fingerprint density at radius 1 is 1.31 bits per heavy atom. The van der Waals surface area contributed by atoms with E-state index in [9.17, 15) is 0 Å². The fourth-order valence-electron chi connectivity index (χ4n) is 1.49. The predicted molar refractivity (Wildman–Crippen MR) is 69.0 cm³/mol. The molecule has 1 N–H and O–H groups in total. The second kappa shape index (κ2) is 5.48. The van der Waals surface area contributed by atoms with Crippen molar-refractivity contribution in [1.29, 1.82) is 0 Å². The molecular formula is C12H20ClN3. The topological polar surface area (TPSA) is 37.8 Å². The average molecular weight is 242 g/mol. The summed E-state index contributed by atoms with van der Waals surface area (Å²) in [5.74, 6) is 1.46. The number of rotatable bonds is 4. The highest BCUT2D eigenvalue weighted by atomic mass is 35.5. The fourth-order valence-corrected chi connectivity index (χ4v) is 1.70. The van der Waals surface area contributed by atoms with Gasteiger partial charge in [0.05, 0.1) is 5.69 Å². The van der Waals surface area contributed by atoms with Gasteiger partial charge in [0.15, 0.2) is 0 Å². The van der Waals surface area contributed by atoms with Crippen molar-refractivity contribution < 1.29 is 0 Å². The molecule has 0 bridgehead atoms. The zero-order valence-electron chi connectivity index (χ0n) is 10.4. The molecule has 1 unspecified atom stereocenters. The van der Waals surface area contributed by atoms with E-state index in [1.165, 1.54) is 0 Å². The third-order valence-corrected chi connectivity index (χ3v) is 2.78. The Bertz CT molecular complexity index is 316. The van der Waals surface area contributed by atoms with Gasteiger partial charge in [0.25, 0.3) is 0 Å². The summed E-state index contributed by atoms with van der Waals surface area (Å²) < 4.78 is 0. The first-order valence-corrected chi connectivity index (χ1v) is 6.10. The Kier molecular flexibility index (Phi) is 4.54. The largest absolute Gasteiger partial charge is 0.365 e. The van der Waals surface area contributed by atoms with Crippen LogP contribution in [0.25, 0.3) is 0 Å². The number of hydrogen-bond acceptors (Lipinski definition) is 3. The van der Waals surface area contributed by atoms with Crippen LogP contribution in [0.15, 0.2) is 12.1 Å². The predicted octanol–water partition coefficient (Wildman–Crippen LogP) is 3.24. The number of halogens is 1. The second-order valence-electron chi connectivity index (χ2n) is 5.10. The third-order valence-electron chi connectivity index (χ3n) is 2.56. The van der Waals surface area contributed by atoms with Crippen LogP contribution in [0.4, 0.5) is 5.82 Å². The summed E-state index contributed by atoms with van der Waals surface area (Å²) in [7, 11) is 0. The number of alkyl halides is 1. The highest BCUT2D eigenvalue weighted by Gasteiger charge is 2.24. The number of nitrogens with one attached hydrogen (secondary N) is 1. The van der Waals surface area contributed by atoms with Crippen molar-refractivity contribution >= 4 is 17.4 Å². The number of nitrogens with zero attached hydrogens (tertiary/aromatic N) is 2. The summed E-state index contributed by atoms with van der Waals surface area (Å²) in [5, 5.41) is 11.5. The molecule has 4 heteroatoms. The third kappa shape index (κ3) is 3.97. The summed E-state index contributed by atoms with van der Waals surface area (Å²) in [5.41, 5.74) is 1.08. The summed E-state index contributed by atoms with van der Waals surface area (Å²) in [6.07, 6.45) is 0.917. The molecule has 0 fully saturated rings. The Labute approximate surface area is 103 Å². The quantitative estimate of drug-likeness (QED) is 0.823.